The van der Waals surface area contributed by atoms with Crippen molar-refractivity contribution in [3.63, 3.8) is 0 Å². The first-order valence-corrected chi connectivity index (χ1v) is 6.26. The second kappa shape index (κ2) is 7.10. The van der Waals surface area contributed by atoms with Gasteiger partial charge in [-0.15, -0.1) is 12.4 Å². The molecule has 0 saturated heterocycles. The van der Waals surface area contributed by atoms with Crippen molar-refractivity contribution in [1.29, 1.82) is 0 Å². The predicted octanol–water partition coefficient (Wildman–Crippen LogP) is 2.41. The van der Waals surface area contributed by atoms with E-state index in [-0.39, 0.29) is 25.1 Å². The molecule has 0 saturated carbocycles. The standard InChI is InChI=1S/C9H11I2NO2.ClH/c10-6-3-5(8(12)1-2-13)4-7(11)9(6)14;/h3-4,8,13-14H,1-2,12H2;1H/t8-;/m1./s1. The summed E-state index contributed by atoms with van der Waals surface area (Å²) in [6.45, 7) is 0.0786. The van der Waals surface area contributed by atoms with Crippen LogP contribution in [0.3, 0.4) is 0 Å². The van der Waals surface area contributed by atoms with Crippen molar-refractivity contribution in [2.75, 3.05) is 6.61 Å². The lowest BCUT2D eigenvalue weighted by atomic mass is 10.1. The molecule has 1 aromatic carbocycles. The summed E-state index contributed by atoms with van der Waals surface area (Å²) in [6, 6.07) is 3.53. The molecule has 1 atom stereocenters. The van der Waals surface area contributed by atoms with Gasteiger partial charge < -0.3 is 15.9 Å². The second-order valence-electron chi connectivity index (χ2n) is 2.95. The molecule has 0 amide bonds. The maximum absolute atomic E-state index is 9.54. The van der Waals surface area contributed by atoms with Gasteiger partial charge in [-0.05, 0) is 69.3 Å². The van der Waals surface area contributed by atoms with E-state index in [9.17, 15) is 5.11 Å². The number of aliphatic hydroxyl groups excluding tert-OH is 1. The number of benzene rings is 1. The zero-order chi connectivity index (χ0) is 10.7. The fraction of sp³-hybridized carbons (Fsp3) is 0.333. The number of nitrogens with two attached hydrogens (primary N) is 1. The first-order chi connectivity index (χ1) is 6.56. The summed E-state index contributed by atoms with van der Waals surface area (Å²) in [5.74, 6) is 0.297. The van der Waals surface area contributed by atoms with Crippen LogP contribution in [0.25, 0.3) is 0 Å². The van der Waals surface area contributed by atoms with Gasteiger partial charge in [0.25, 0.3) is 0 Å². The van der Waals surface area contributed by atoms with Crippen molar-refractivity contribution in [1.82, 2.24) is 0 Å². The summed E-state index contributed by atoms with van der Waals surface area (Å²) in [5.41, 5.74) is 6.79. The van der Waals surface area contributed by atoms with Gasteiger partial charge in [-0.1, -0.05) is 0 Å². The summed E-state index contributed by atoms with van der Waals surface area (Å²) in [7, 11) is 0. The van der Waals surface area contributed by atoms with Crippen LogP contribution in [0.1, 0.15) is 18.0 Å². The van der Waals surface area contributed by atoms with E-state index in [1.54, 1.807) is 0 Å². The third kappa shape index (κ3) is 4.22. The van der Waals surface area contributed by atoms with Crippen LogP contribution < -0.4 is 5.73 Å². The van der Waals surface area contributed by atoms with Crippen LogP contribution in [0.2, 0.25) is 0 Å². The molecule has 0 aliphatic rings. The van der Waals surface area contributed by atoms with E-state index < -0.39 is 0 Å². The van der Waals surface area contributed by atoms with Gasteiger partial charge in [0.05, 0.1) is 7.14 Å². The van der Waals surface area contributed by atoms with Crippen LogP contribution in [0, 0.1) is 7.14 Å². The van der Waals surface area contributed by atoms with Crippen LogP contribution >= 0.6 is 57.6 Å². The summed E-state index contributed by atoms with van der Waals surface area (Å²) in [5, 5.41) is 18.3. The minimum atomic E-state index is -0.164. The maximum Gasteiger partial charge on any atom is 0.142 e. The minimum Gasteiger partial charge on any atom is -0.506 e. The first kappa shape index (κ1) is 15.7. The number of aliphatic hydroxyl groups is 1. The van der Waals surface area contributed by atoms with Crippen molar-refractivity contribution in [2.45, 2.75) is 12.5 Å². The molecule has 0 radical (unpaired) electrons. The fourth-order valence-corrected chi connectivity index (χ4v) is 2.92. The van der Waals surface area contributed by atoms with Crippen LogP contribution in [0.15, 0.2) is 12.1 Å². The van der Waals surface area contributed by atoms with E-state index in [2.05, 4.69) is 45.2 Å². The molecule has 0 fully saturated rings. The number of phenolic OH excluding ortho intramolecular Hbond substituents is 1. The van der Waals surface area contributed by atoms with Crippen molar-refractivity contribution in [2.24, 2.45) is 5.73 Å². The average Bonchev–Trinajstić information content (AvgIpc) is 2.13. The van der Waals surface area contributed by atoms with E-state index in [0.29, 0.717) is 12.2 Å². The minimum absolute atomic E-state index is 0. The smallest absolute Gasteiger partial charge is 0.142 e. The predicted molar refractivity (Wildman–Crippen MR) is 79.4 cm³/mol. The molecule has 3 nitrogen and oxygen atoms in total. The quantitative estimate of drug-likeness (QED) is 0.614. The van der Waals surface area contributed by atoms with Gasteiger partial charge in [0, 0.05) is 12.6 Å². The third-order valence-corrected chi connectivity index (χ3v) is 3.55. The molecular formula is C9H12ClI2NO2. The molecular weight excluding hydrogens is 443 g/mol. The number of rotatable bonds is 3. The average molecular weight is 455 g/mol. The van der Waals surface area contributed by atoms with Gasteiger partial charge >= 0.3 is 0 Å². The lowest BCUT2D eigenvalue weighted by Crippen LogP contribution is -2.12. The van der Waals surface area contributed by atoms with E-state index in [4.69, 9.17) is 10.8 Å². The Morgan fingerprint density at radius 2 is 1.73 bits per heavy atom. The normalized spacial score (nSPS) is 12.0. The summed E-state index contributed by atoms with van der Waals surface area (Å²) < 4.78 is 1.58. The highest BCUT2D eigenvalue weighted by Gasteiger charge is 2.10. The molecule has 1 aromatic rings. The van der Waals surface area contributed by atoms with Crippen molar-refractivity contribution in [3.05, 3.63) is 24.8 Å². The molecule has 0 bridgehead atoms. The Morgan fingerprint density at radius 1 is 1.27 bits per heavy atom. The Balaban J connectivity index is 0.00000196. The van der Waals surface area contributed by atoms with E-state index in [0.717, 1.165) is 12.7 Å². The van der Waals surface area contributed by atoms with E-state index in [1.807, 2.05) is 12.1 Å². The van der Waals surface area contributed by atoms with E-state index in [1.165, 1.54) is 0 Å². The SMILES string of the molecule is Cl.N[C@H](CCO)c1cc(I)c(O)c(I)c1. The van der Waals surface area contributed by atoms with Crippen LogP contribution in [-0.4, -0.2) is 16.8 Å². The van der Waals surface area contributed by atoms with Crippen molar-refractivity contribution in [3.8, 4) is 5.75 Å². The molecule has 0 heterocycles. The molecule has 4 N–H and O–H groups in total. The van der Waals surface area contributed by atoms with Gasteiger partial charge in [-0.25, -0.2) is 0 Å². The lowest BCUT2D eigenvalue weighted by molar-refractivity contribution is 0.276. The third-order valence-electron chi connectivity index (χ3n) is 1.91. The van der Waals surface area contributed by atoms with Crippen molar-refractivity contribution >= 4 is 57.6 Å². The Morgan fingerprint density at radius 3 is 2.13 bits per heavy atom. The molecule has 86 valence electrons. The molecule has 0 aliphatic heterocycles. The number of hydrogen-bond donors (Lipinski definition) is 3. The van der Waals surface area contributed by atoms with Gasteiger partial charge in [0.2, 0.25) is 0 Å². The second-order valence-corrected chi connectivity index (χ2v) is 5.28. The largest absolute Gasteiger partial charge is 0.506 e. The number of aromatic hydroxyl groups is 1. The highest BCUT2D eigenvalue weighted by Crippen LogP contribution is 2.29. The van der Waals surface area contributed by atoms with Crippen LogP contribution in [0.5, 0.6) is 5.75 Å². The molecule has 0 aromatic heterocycles. The lowest BCUT2D eigenvalue weighted by Gasteiger charge is -2.12. The zero-order valence-electron chi connectivity index (χ0n) is 7.78. The number of halogens is 3. The van der Waals surface area contributed by atoms with Gasteiger partial charge in [-0.3, -0.25) is 0 Å². The fourth-order valence-electron chi connectivity index (χ4n) is 1.10. The summed E-state index contributed by atoms with van der Waals surface area (Å²) in [6.07, 6.45) is 0.539. The zero-order valence-corrected chi connectivity index (χ0v) is 12.9. The van der Waals surface area contributed by atoms with Crippen molar-refractivity contribution < 1.29 is 10.2 Å². The Hall–Kier alpha value is 0.690. The molecule has 0 aliphatic carbocycles. The summed E-state index contributed by atoms with van der Waals surface area (Å²) >= 11 is 4.13. The molecule has 0 unspecified atom stereocenters. The van der Waals surface area contributed by atoms with Crippen LogP contribution in [0.4, 0.5) is 0 Å². The van der Waals surface area contributed by atoms with Gasteiger partial charge in [0.1, 0.15) is 5.75 Å². The van der Waals surface area contributed by atoms with E-state index >= 15 is 0 Å². The number of hydrogen-bond acceptors (Lipinski definition) is 3. The topological polar surface area (TPSA) is 66.5 Å². The Bertz CT molecular complexity index is 313. The first-order valence-electron chi connectivity index (χ1n) is 4.10. The Kier molecular flexibility index (Phi) is 7.43. The Labute approximate surface area is 122 Å². The highest BCUT2D eigenvalue weighted by molar-refractivity contribution is 14.1. The molecule has 0 spiro atoms. The highest BCUT2D eigenvalue weighted by atomic mass is 127. The van der Waals surface area contributed by atoms with Gasteiger partial charge in [-0.2, -0.15) is 0 Å². The molecule has 1 rings (SSSR count). The summed E-state index contributed by atoms with van der Waals surface area (Å²) in [4.78, 5) is 0. The van der Waals surface area contributed by atoms with Crippen LogP contribution in [-0.2, 0) is 0 Å². The number of phenols is 1. The molecule has 15 heavy (non-hydrogen) atoms. The molecule has 6 heteroatoms. The monoisotopic (exact) mass is 455 g/mol. The van der Waals surface area contributed by atoms with Gasteiger partial charge in [0.15, 0.2) is 0 Å². The maximum atomic E-state index is 9.54.